The number of Topliss-reactive ketones (excluding diaryl/α,β-unsaturated/α-hetero) is 1. The fourth-order valence-corrected chi connectivity index (χ4v) is 4.93. The minimum Gasteiger partial charge on any atom is -0.469 e. The first-order chi connectivity index (χ1) is 14.1. The second-order valence-electron chi connectivity index (χ2n) is 6.83. The fraction of sp³-hybridized carbons (Fsp3) is 0.273. The summed E-state index contributed by atoms with van der Waals surface area (Å²) in [5, 5.41) is 0. The Hall–Kier alpha value is -2.58. The highest BCUT2D eigenvalue weighted by atomic mass is 32.2. The van der Waals surface area contributed by atoms with Crippen LogP contribution in [0.25, 0.3) is 5.57 Å². The van der Waals surface area contributed by atoms with Crippen LogP contribution in [0.1, 0.15) is 30.0 Å². The van der Waals surface area contributed by atoms with Gasteiger partial charge in [-0.05, 0) is 29.7 Å². The van der Waals surface area contributed by atoms with Gasteiger partial charge in [0.2, 0.25) is 0 Å². The molecule has 0 aromatic heterocycles. The second kappa shape index (κ2) is 8.28. The molecule has 2 N–H and O–H groups in total. The van der Waals surface area contributed by atoms with E-state index in [2.05, 4.69) is 0 Å². The van der Waals surface area contributed by atoms with Gasteiger partial charge in [0.15, 0.2) is 10.7 Å². The molecule has 0 bridgehead atoms. The molecule has 4 nitrogen and oxygen atoms in total. The third kappa shape index (κ3) is 3.89. The summed E-state index contributed by atoms with van der Waals surface area (Å²) in [6.07, 6.45) is -4.27. The van der Waals surface area contributed by atoms with Gasteiger partial charge in [0.1, 0.15) is 0 Å². The number of carbonyl (C=O) groups excluding carboxylic acids is 2. The van der Waals surface area contributed by atoms with Gasteiger partial charge in [-0.2, -0.15) is 13.2 Å². The molecule has 1 aliphatic heterocycles. The minimum absolute atomic E-state index is 0.0229. The Bertz CT molecular complexity index is 1000. The van der Waals surface area contributed by atoms with Crippen molar-refractivity contribution in [2.24, 2.45) is 11.7 Å². The van der Waals surface area contributed by atoms with E-state index >= 15 is 0 Å². The SMILES string of the molecule is CCC(C(=O)OC)C1=C(c2cccc(C(F)(F)F)c2)C(=O)C(N)(c2ccccc2)S1. The third-order valence-electron chi connectivity index (χ3n) is 4.97. The Balaban J connectivity index is 2.21. The van der Waals surface area contributed by atoms with Crippen molar-refractivity contribution in [2.75, 3.05) is 7.11 Å². The van der Waals surface area contributed by atoms with Gasteiger partial charge in [-0.3, -0.25) is 9.59 Å². The molecule has 2 atom stereocenters. The minimum atomic E-state index is -4.57. The fourth-order valence-electron chi connectivity index (χ4n) is 3.42. The number of alkyl halides is 3. The topological polar surface area (TPSA) is 69.4 Å². The highest BCUT2D eigenvalue weighted by Crippen LogP contribution is 2.53. The number of esters is 1. The van der Waals surface area contributed by atoms with E-state index in [0.29, 0.717) is 16.9 Å². The Labute approximate surface area is 176 Å². The highest BCUT2D eigenvalue weighted by molar-refractivity contribution is 8.05. The van der Waals surface area contributed by atoms with Crippen LogP contribution >= 0.6 is 11.8 Å². The summed E-state index contributed by atoms with van der Waals surface area (Å²) in [5.41, 5.74) is 6.21. The molecule has 30 heavy (non-hydrogen) atoms. The Morgan fingerprint density at radius 2 is 1.83 bits per heavy atom. The molecule has 2 aromatic carbocycles. The summed E-state index contributed by atoms with van der Waals surface area (Å²) in [6.45, 7) is 1.74. The molecule has 0 spiro atoms. The summed E-state index contributed by atoms with van der Waals surface area (Å²) in [7, 11) is 1.23. The number of rotatable bonds is 5. The maximum absolute atomic E-state index is 13.5. The molecule has 1 aliphatic rings. The van der Waals surface area contributed by atoms with Crippen molar-refractivity contribution < 1.29 is 27.5 Å². The van der Waals surface area contributed by atoms with Crippen molar-refractivity contribution in [2.45, 2.75) is 24.4 Å². The van der Waals surface area contributed by atoms with Gasteiger partial charge in [0.25, 0.3) is 0 Å². The van der Waals surface area contributed by atoms with E-state index in [1.165, 1.54) is 19.2 Å². The van der Waals surface area contributed by atoms with Crippen molar-refractivity contribution in [1.82, 2.24) is 0 Å². The first-order valence-electron chi connectivity index (χ1n) is 9.21. The number of ether oxygens (including phenoxy) is 1. The van der Waals surface area contributed by atoms with E-state index in [1.54, 1.807) is 37.3 Å². The van der Waals surface area contributed by atoms with E-state index in [9.17, 15) is 22.8 Å². The van der Waals surface area contributed by atoms with Crippen molar-refractivity contribution in [3.63, 3.8) is 0 Å². The lowest BCUT2D eigenvalue weighted by Gasteiger charge is -2.23. The lowest BCUT2D eigenvalue weighted by Crippen LogP contribution is -2.39. The maximum atomic E-state index is 13.5. The number of ketones is 1. The van der Waals surface area contributed by atoms with E-state index in [-0.39, 0.29) is 11.1 Å². The number of thioether (sulfide) groups is 1. The lowest BCUT2D eigenvalue weighted by atomic mass is 9.89. The van der Waals surface area contributed by atoms with Crippen LogP contribution in [0.5, 0.6) is 0 Å². The number of nitrogens with two attached hydrogens (primary N) is 1. The number of hydrogen-bond donors (Lipinski definition) is 1. The maximum Gasteiger partial charge on any atom is 0.416 e. The molecular formula is C22H20F3NO3S. The first kappa shape index (κ1) is 22.1. The smallest absolute Gasteiger partial charge is 0.416 e. The van der Waals surface area contributed by atoms with Gasteiger partial charge >= 0.3 is 12.1 Å². The Kier molecular flexibility index (Phi) is 6.10. The largest absolute Gasteiger partial charge is 0.469 e. The molecule has 3 rings (SSSR count). The molecule has 8 heteroatoms. The zero-order valence-corrected chi connectivity index (χ0v) is 17.1. The van der Waals surface area contributed by atoms with Crippen molar-refractivity contribution in [1.29, 1.82) is 0 Å². The molecule has 2 unspecified atom stereocenters. The molecular weight excluding hydrogens is 415 g/mol. The molecule has 0 fully saturated rings. The number of hydrogen-bond acceptors (Lipinski definition) is 5. The number of methoxy groups -OCH3 is 1. The van der Waals surface area contributed by atoms with Gasteiger partial charge < -0.3 is 10.5 Å². The van der Waals surface area contributed by atoms with Crippen molar-refractivity contribution in [3.8, 4) is 0 Å². The van der Waals surface area contributed by atoms with Crippen molar-refractivity contribution >= 4 is 29.1 Å². The summed E-state index contributed by atoms with van der Waals surface area (Å²) >= 11 is 0.993. The van der Waals surface area contributed by atoms with Crippen LogP contribution in [0.3, 0.4) is 0 Å². The van der Waals surface area contributed by atoms with Gasteiger partial charge in [-0.25, -0.2) is 0 Å². The second-order valence-corrected chi connectivity index (χ2v) is 8.12. The molecule has 2 aromatic rings. The molecule has 0 saturated carbocycles. The summed E-state index contributed by atoms with van der Waals surface area (Å²) < 4.78 is 44.7. The zero-order valence-electron chi connectivity index (χ0n) is 16.3. The number of carbonyl (C=O) groups is 2. The highest BCUT2D eigenvalue weighted by Gasteiger charge is 2.49. The molecule has 0 aliphatic carbocycles. The summed E-state index contributed by atoms with van der Waals surface area (Å²) in [4.78, 5) is 24.6. The van der Waals surface area contributed by atoms with Gasteiger partial charge in [0.05, 0.1) is 18.6 Å². The van der Waals surface area contributed by atoms with E-state index < -0.39 is 34.3 Å². The molecule has 0 radical (unpaired) electrons. The predicted octanol–water partition coefficient (Wildman–Crippen LogP) is 4.74. The van der Waals surface area contributed by atoms with Crippen LogP contribution in [0.15, 0.2) is 59.5 Å². The quantitative estimate of drug-likeness (QED) is 0.687. The molecule has 0 amide bonds. The van der Waals surface area contributed by atoms with Crippen LogP contribution in [0.2, 0.25) is 0 Å². The average molecular weight is 435 g/mol. The molecule has 0 saturated heterocycles. The lowest BCUT2D eigenvalue weighted by molar-refractivity contribution is -0.144. The molecule has 158 valence electrons. The zero-order chi connectivity index (χ0) is 22.1. The Morgan fingerprint density at radius 1 is 1.17 bits per heavy atom. The summed E-state index contributed by atoms with van der Waals surface area (Å²) in [5.74, 6) is -1.94. The van der Waals surface area contributed by atoms with Crippen LogP contribution in [-0.2, 0) is 25.4 Å². The third-order valence-corrected chi connectivity index (χ3v) is 6.43. The standard InChI is InChI=1S/C22H20F3NO3S/c1-3-16(20(28)29-2)18-17(13-8-7-11-15(12-13)22(23,24)25)19(27)21(26,30-18)14-9-5-4-6-10-14/h4-12,16H,3,26H2,1-2H3. The molecule has 1 heterocycles. The number of benzene rings is 2. The van der Waals surface area contributed by atoms with E-state index in [4.69, 9.17) is 10.5 Å². The van der Waals surface area contributed by atoms with Crippen molar-refractivity contribution in [3.05, 3.63) is 76.2 Å². The van der Waals surface area contributed by atoms with E-state index in [0.717, 1.165) is 23.9 Å². The Morgan fingerprint density at radius 3 is 2.40 bits per heavy atom. The predicted molar refractivity (Wildman–Crippen MR) is 109 cm³/mol. The average Bonchev–Trinajstić information content (AvgIpc) is 3.00. The van der Waals surface area contributed by atoms with Gasteiger partial charge in [-0.15, -0.1) is 0 Å². The normalized spacial score (nSPS) is 20.4. The van der Waals surface area contributed by atoms with Crippen LogP contribution in [-0.4, -0.2) is 18.9 Å². The monoisotopic (exact) mass is 435 g/mol. The van der Waals surface area contributed by atoms with Crippen LogP contribution in [0, 0.1) is 5.92 Å². The summed E-state index contributed by atoms with van der Waals surface area (Å²) in [6, 6.07) is 13.1. The van der Waals surface area contributed by atoms with E-state index in [1.807, 2.05) is 0 Å². The number of halogens is 3. The van der Waals surface area contributed by atoms with Gasteiger partial charge in [-0.1, -0.05) is 61.2 Å². The van der Waals surface area contributed by atoms with Crippen LogP contribution < -0.4 is 5.73 Å². The van der Waals surface area contributed by atoms with Gasteiger partial charge in [0, 0.05) is 10.5 Å². The first-order valence-corrected chi connectivity index (χ1v) is 10.0. The van der Waals surface area contributed by atoms with Crippen LogP contribution in [0.4, 0.5) is 13.2 Å².